The molecule has 0 unspecified atom stereocenters. The van der Waals surface area contributed by atoms with Crippen LogP contribution in [0.15, 0.2) is 71.5 Å². The van der Waals surface area contributed by atoms with Crippen molar-refractivity contribution in [2.24, 2.45) is 0 Å². The average Bonchev–Trinajstić information content (AvgIpc) is 2.75. The molecular weight excluding hydrogens is 426 g/mol. The van der Waals surface area contributed by atoms with Crippen molar-refractivity contribution in [3.8, 4) is 11.3 Å². The van der Waals surface area contributed by atoms with Gasteiger partial charge in [-0.25, -0.2) is 4.98 Å². The van der Waals surface area contributed by atoms with Crippen LogP contribution in [0.25, 0.3) is 22.2 Å². The number of nitrogens with one attached hydrogen (secondary N) is 1. The first-order valence-corrected chi connectivity index (χ1v) is 10.2. The quantitative estimate of drug-likeness (QED) is 0.444. The topological polar surface area (TPSA) is 54.9 Å². The van der Waals surface area contributed by atoms with Gasteiger partial charge in [-0.3, -0.25) is 9.78 Å². The number of carbonyl (C=O) groups is 1. The summed E-state index contributed by atoms with van der Waals surface area (Å²) in [4.78, 5) is 22.2. The van der Waals surface area contributed by atoms with Crippen molar-refractivity contribution < 1.29 is 4.79 Å². The summed E-state index contributed by atoms with van der Waals surface area (Å²) < 4.78 is 0.989. The minimum Gasteiger partial charge on any atom is -0.348 e. The minimum absolute atomic E-state index is 0.120. The summed E-state index contributed by atoms with van der Waals surface area (Å²) in [6, 6.07) is 17.6. The van der Waals surface area contributed by atoms with Crippen LogP contribution in [0, 0.1) is 13.8 Å². The van der Waals surface area contributed by atoms with Gasteiger partial charge < -0.3 is 5.32 Å². The number of benzene rings is 2. The van der Waals surface area contributed by atoms with E-state index in [9.17, 15) is 4.79 Å². The Morgan fingerprint density at radius 1 is 1.07 bits per heavy atom. The fourth-order valence-corrected chi connectivity index (χ4v) is 3.75. The fourth-order valence-electron chi connectivity index (χ4n) is 3.30. The van der Waals surface area contributed by atoms with Crippen LogP contribution >= 0.6 is 15.9 Å². The zero-order chi connectivity index (χ0) is 20.4. The Kier molecular flexibility index (Phi) is 5.41. The van der Waals surface area contributed by atoms with E-state index in [1.807, 2.05) is 61.5 Å². The monoisotopic (exact) mass is 445 g/mol. The summed E-state index contributed by atoms with van der Waals surface area (Å²) in [5.41, 5.74) is 6.35. The lowest BCUT2D eigenvalue weighted by atomic mass is 9.99. The first-order valence-electron chi connectivity index (χ1n) is 9.37. The van der Waals surface area contributed by atoms with E-state index in [0.717, 1.165) is 43.3 Å². The van der Waals surface area contributed by atoms with E-state index < -0.39 is 0 Å². The average molecular weight is 446 g/mol. The molecule has 4 rings (SSSR count). The van der Waals surface area contributed by atoms with Gasteiger partial charge in [-0.05, 0) is 60.9 Å². The third-order valence-corrected chi connectivity index (χ3v) is 5.54. The molecule has 0 spiro atoms. The molecule has 0 bridgehead atoms. The maximum atomic E-state index is 13.1. The molecule has 5 heteroatoms. The highest BCUT2D eigenvalue weighted by molar-refractivity contribution is 9.10. The van der Waals surface area contributed by atoms with Gasteiger partial charge in [-0.2, -0.15) is 0 Å². The van der Waals surface area contributed by atoms with Gasteiger partial charge in [0.15, 0.2) is 0 Å². The van der Waals surface area contributed by atoms with Crippen molar-refractivity contribution in [3.63, 3.8) is 0 Å². The normalized spacial score (nSPS) is 10.9. The van der Waals surface area contributed by atoms with Crippen molar-refractivity contribution >= 4 is 32.7 Å². The molecule has 0 radical (unpaired) electrons. The largest absolute Gasteiger partial charge is 0.348 e. The van der Waals surface area contributed by atoms with Gasteiger partial charge in [0, 0.05) is 34.4 Å². The van der Waals surface area contributed by atoms with Crippen molar-refractivity contribution in [2.75, 3.05) is 0 Å². The highest BCUT2D eigenvalue weighted by Crippen LogP contribution is 2.28. The van der Waals surface area contributed by atoms with E-state index in [1.54, 1.807) is 12.4 Å². The van der Waals surface area contributed by atoms with E-state index in [-0.39, 0.29) is 5.91 Å². The molecule has 1 N–H and O–H groups in total. The third-order valence-electron chi connectivity index (χ3n) is 5.05. The van der Waals surface area contributed by atoms with Gasteiger partial charge in [0.2, 0.25) is 0 Å². The zero-order valence-corrected chi connectivity index (χ0v) is 17.8. The summed E-state index contributed by atoms with van der Waals surface area (Å²) in [6.07, 6.45) is 3.49. The van der Waals surface area contributed by atoms with Crippen LogP contribution < -0.4 is 5.32 Å². The Bertz CT molecular complexity index is 1210. The second-order valence-corrected chi connectivity index (χ2v) is 7.93. The van der Waals surface area contributed by atoms with Gasteiger partial charge in [-0.1, -0.05) is 40.2 Å². The van der Waals surface area contributed by atoms with Crippen LogP contribution in [-0.4, -0.2) is 15.9 Å². The van der Waals surface area contributed by atoms with E-state index in [0.29, 0.717) is 12.1 Å². The van der Waals surface area contributed by atoms with E-state index >= 15 is 0 Å². The van der Waals surface area contributed by atoms with E-state index in [1.165, 1.54) is 0 Å². The SMILES string of the molecule is Cc1ccc2c(C(=O)NCc3cccc(Br)c3)cc(-c3cccnc3)nc2c1C. The summed E-state index contributed by atoms with van der Waals surface area (Å²) in [5, 5.41) is 3.90. The number of amides is 1. The predicted octanol–water partition coefficient (Wildman–Crippen LogP) is 5.61. The van der Waals surface area contributed by atoms with Gasteiger partial charge in [0.05, 0.1) is 16.8 Å². The second kappa shape index (κ2) is 8.13. The Morgan fingerprint density at radius 2 is 1.93 bits per heavy atom. The molecular formula is C24H20BrN3O. The maximum Gasteiger partial charge on any atom is 0.252 e. The molecule has 0 aliphatic heterocycles. The molecule has 0 atom stereocenters. The van der Waals surface area contributed by atoms with E-state index in [2.05, 4.69) is 33.2 Å². The smallest absolute Gasteiger partial charge is 0.252 e. The molecule has 0 aliphatic carbocycles. The van der Waals surface area contributed by atoms with Gasteiger partial charge in [0.25, 0.3) is 5.91 Å². The number of carbonyl (C=O) groups excluding carboxylic acids is 1. The summed E-state index contributed by atoms with van der Waals surface area (Å²) in [6.45, 7) is 4.55. The number of aromatic nitrogens is 2. The molecule has 4 nitrogen and oxygen atoms in total. The number of halogens is 1. The molecule has 144 valence electrons. The molecule has 0 saturated carbocycles. The summed E-state index contributed by atoms with van der Waals surface area (Å²) in [7, 11) is 0. The van der Waals surface area contributed by atoms with Crippen LogP contribution in [0.5, 0.6) is 0 Å². The molecule has 0 fully saturated rings. The molecule has 2 heterocycles. The first kappa shape index (κ1) is 19.3. The lowest BCUT2D eigenvalue weighted by Gasteiger charge is -2.13. The standard InChI is InChI=1S/C24H20BrN3O/c1-15-8-9-20-21(24(29)27-13-17-5-3-7-19(25)11-17)12-22(28-23(20)16(15)2)18-6-4-10-26-14-18/h3-12,14H,13H2,1-2H3,(H,27,29). The van der Waals surface area contributed by atoms with E-state index in [4.69, 9.17) is 4.98 Å². The third kappa shape index (κ3) is 4.05. The Balaban J connectivity index is 1.77. The van der Waals surface area contributed by atoms with Crippen LogP contribution in [0.1, 0.15) is 27.0 Å². The summed E-state index contributed by atoms with van der Waals surface area (Å²) >= 11 is 3.47. The number of hydrogen-bond donors (Lipinski definition) is 1. The Hall–Kier alpha value is -3.05. The number of nitrogens with zero attached hydrogens (tertiary/aromatic N) is 2. The highest BCUT2D eigenvalue weighted by Gasteiger charge is 2.16. The molecule has 1 amide bonds. The molecule has 0 aliphatic rings. The lowest BCUT2D eigenvalue weighted by molar-refractivity contribution is 0.0952. The molecule has 2 aromatic carbocycles. The number of rotatable bonds is 4. The van der Waals surface area contributed by atoms with Crippen molar-refractivity contribution in [2.45, 2.75) is 20.4 Å². The zero-order valence-electron chi connectivity index (χ0n) is 16.2. The molecule has 4 aromatic rings. The number of pyridine rings is 2. The highest BCUT2D eigenvalue weighted by atomic mass is 79.9. The van der Waals surface area contributed by atoms with Crippen LogP contribution in [0.2, 0.25) is 0 Å². The first-order chi connectivity index (χ1) is 14.0. The predicted molar refractivity (Wildman–Crippen MR) is 120 cm³/mol. The van der Waals surface area contributed by atoms with Crippen molar-refractivity contribution in [1.82, 2.24) is 15.3 Å². The molecule has 0 saturated heterocycles. The Morgan fingerprint density at radius 3 is 2.69 bits per heavy atom. The van der Waals surface area contributed by atoms with Crippen LogP contribution in [0.3, 0.4) is 0 Å². The number of hydrogen-bond acceptors (Lipinski definition) is 3. The Labute approximate surface area is 178 Å². The second-order valence-electron chi connectivity index (χ2n) is 7.01. The van der Waals surface area contributed by atoms with Crippen molar-refractivity contribution in [3.05, 3.63) is 93.7 Å². The van der Waals surface area contributed by atoms with Gasteiger partial charge >= 0.3 is 0 Å². The van der Waals surface area contributed by atoms with Crippen LogP contribution in [0.4, 0.5) is 0 Å². The van der Waals surface area contributed by atoms with Gasteiger partial charge in [0.1, 0.15) is 0 Å². The van der Waals surface area contributed by atoms with Crippen LogP contribution in [-0.2, 0) is 6.54 Å². The fraction of sp³-hybridized carbons (Fsp3) is 0.125. The molecule has 29 heavy (non-hydrogen) atoms. The number of fused-ring (bicyclic) bond motifs is 1. The lowest BCUT2D eigenvalue weighted by Crippen LogP contribution is -2.23. The minimum atomic E-state index is -0.120. The van der Waals surface area contributed by atoms with Crippen molar-refractivity contribution in [1.29, 1.82) is 0 Å². The van der Waals surface area contributed by atoms with Gasteiger partial charge in [-0.15, -0.1) is 0 Å². The maximum absolute atomic E-state index is 13.1. The summed E-state index contributed by atoms with van der Waals surface area (Å²) in [5.74, 6) is -0.120. The number of aryl methyl sites for hydroxylation is 2. The molecule has 2 aromatic heterocycles.